The molecule has 1 aromatic carbocycles. The summed E-state index contributed by atoms with van der Waals surface area (Å²) >= 11 is 0. The van der Waals surface area contributed by atoms with E-state index in [4.69, 9.17) is 9.72 Å². The Morgan fingerprint density at radius 3 is 2.68 bits per heavy atom. The predicted molar refractivity (Wildman–Crippen MR) is 148 cm³/mol. The van der Waals surface area contributed by atoms with Gasteiger partial charge < -0.3 is 30.5 Å². The van der Waals surface area contributed by atoms with E-state index in [-0.39, 0.29) is 18.0 Å². The van der Waals surface area contributed by atoms with Gasteiger partial charge in [-0.2, -0.15) is 4.98 Å². The Morgan fingerprint density at radius 2 is 1.97 bits per heavy atom. The molecule has 0 radical (unpaired) electrons. The molecule has 3 aliphatic rings. The Morgan fingerprint density at radius 1 is 1.22 bits per heavy atom. The fraction of sp³-hybridized carbons (Fsp3) is 0.536. The first-order valence-electron chi connectivity index (χ1n) is 13.5. The molecule has 1 aromatic heterocycles. The van der Waals surface area contributed by atoms with Gasteiger partial charge in [0.15, 0.2) is 5.82 Å². The summed E-state index contributed by atoms with van der Waals surface area (Å²) in [6.07, 6.45) is 9.55. The lowest BCUT2D eigenvalue weighted by atomic mass is 10.0. The van der Waals surface area contributed by atoms with Crippen molar-refractivity contribution in [1.82, 2.24) is 20.2 Å². The van der Waals surface area contributed by atoms with Crippen molar-refractivity contribution >= 4 is 29.0 Å². The van der Waals surface area contributed by atoms with E-state index in [9.17, 15) is 4.79 Å². The number of nitrogens with one attached hydrogen (secondary N) is 3. The highest BCUT2D eigenvalue weighted by molar-refractivity contribution is 5.95. The van der Waals surface area contributed by atoms with Gasteiger partial charge in [-0.25, -0.2) is 4.98 Å². The molecule has 0 bridgehead atoms. The first kappa shape index (κ1) is 25.3. The number of likely N-dealkylation sites (tertiary alicyclic amines) is 1. The molecule has 1 aliphatic carbocycles. The fourth-order valence-corrected chi connectivity index (χ4v) is 5.82. The molecule has 37 heavy (non-hydrogen) atoms. The topological polar surface area (TPSA) is 94.6 Å². The Balaban J connectivity index is 1.35. The van der Waals surface area contributed by atoms with Gasteiger partial charge in [0.05, 0.1) is 25.0 Å². The van der Waals surface area contributed by atoms with E-state index in [0.717, 1.165) is 49.6 Å². The smallest absolute Gasteiger partial charge is 0.251 e. The lowest BCUT2D eigenvalue weighted by Crippen LogP contribution is -2.47. The van der Waals surface area contributed by atoms with Crippen LogP contribution >= 0.6 is 0 Å². The van der Waals surface area contributed by atoms with Crippen LogP contribution in [0, 0.1) is 0 Å². The van der Waals surface area contributed by atoms with Crippen molar-refractivity contribution in [1.29, 1.82) is 0 Å². The predicted octanol–water partition coefficient (Wildman–Crippen LogP) is 4.52. The van der Waals surface area contributed by atoms with Crippen molar-refractivity contribution in [2.45, 2.75) is 70.0 Å². The average Bonchev–Trinajstić information content (AvgIpc) is 3.44. The number of hydrogen-bond donors (Lipinski definition) is 3. The lowest BCUT2D eigenvalue weighted by molar-refractivity contribution is 0.0916. The number of amides is 1. The Kier molecular flexibility index (Phi) is 7.50. The van der Waals surface area contributed by atoms with Crippen LogP contribution < -0.4 is 25.6 Å². The minimum Gasteiger partial charge on any atom is -0.495 e. The number of ether oxygens (including phenoxy) is 1. The van der Waals surface area contributed by atoms with Gasteiger partial charge in [0.1, 0.15) is 11.4 Å². The highest BCUT2D eigenvalue weighted by atomic mass is 16.5. The van der Waals surface area contributed by atoms with Crippen molar-refractivity contribution in [2.75, 3.05) is 42.8 Å². The van der Waals surface area contributed by atoms with E-state index in [0.29, 0.717) is 29.0 Å². The van der Waals surface area contributed by atoms with E-state index in [1.165, 1.54) is 25.7 Å². The van der Waals surface area contributed by atoms with E-state index in [2.05, 4.69) is 51.3 Å². The van der Waals surface area contributed by atoms with Crippen molar-refractivity contribution in [3.05, 3.63) is 42.2 Å². The molecule has 0 spiro atoms. The molecule has 5 rings (SSSR count). The summed E-state index contributed by atoms with van der Waals surface area (Å²) in [6, 6.07) is 6.31. The number of rotatable bonds is 7. The van der Waals surface area contributed by atoms with Crippen molar-refractivity contribution in [3.63, 3.8) is 0 Å². The molecule has 9 nitrogen and oxygen atoms in total. The highest BCUT2D eigenvalue weighted by Crippen LogP contribution is 2.40. The maximum absolute atomic E-state index is 12.9. The standard InChI is InChI=1S/C28H39N7O2/c1-5-24-18(2)30-23-17-29-28(33-26(23)35(24)21-8-6-7-9-21)32-22-11-10-19(16-25(22)37-4)27(36)31-20-12-14-34(3)15-13-20/h10-11,16-17,20-21,24,30H,2,5-9,12-15H2,1,3-4H3,(H,31,36)(H,29,32,33)/t24-/m1/s1. The van der Waals surface area contributed by atoms with Crippen LogP contribution in [0.3, 0.4) is 0 Å². The third kappa shape index (κ3) is 5.37. The van der Waals surface area contributed by atoms with Crippen LogP contribution in [0.4, 0.5) is 23.1 Å². The van der Waals surface area contributed by atoms with Gasteiger partial charge in [-0.05, 0) is 70.4 Å². The summed E-state index contributed by atoms with van der Waals surface area (Å²) < 4.78 is 5.64. The lowest BCUT2D eigenvalue weighted by Gasteiger charge is -2.43. The largest absolute Gasteiger partial charge is 0.495 e. The van der Waals surface area contributed by atoms with Gasteiger partial charge >= 0.3 is 0 Å². The zero-order valence-corrected chi connectivity index (χ0v) is 22.2. The van der Waals surface area contributed by atoms with Crippen molar-refractivity contribution in [3.8, 4) is 5.75 Å². The zero-order chi connectivity index (χ0) is 25.9. The zero-order valence-electron chi connectivity index (χ0n) is 22.2. The first-order chi connectivity index (χ1) is 18.0. The van der Waals surface area contributed by atoms with Crippen LogP contribution in [0.25, 0.3) is 0 Å². The fourth-order valence-electron chi connectivity index (χ4n) is 5.82. The number of carbonyl (C=O) groups is 1. The van der Waals surface area contributed by atoms with E-state index in [1.54, 1.807) is 13.2 Å². The normalized spacial score (nSPS) is 20.9. The van der Waals surface area contributed by atoms with E-state index in [1.807, 2.05) is 18.3 Å². The van der Waals surface area contributed by atoms with Crippen LogP contribution in [-0.2, 0) is 0 Å². The molecule has 3 N–H and O–H groups in total. The molecule has 2 fully saturated rings. The summed E-state index contributed by atoms with van der Waals surface area (Å²) in [6.45, 7) is 8.48. The maximum Gasteiger partial charge on any atom is 0.251 e. The second-order valence-corrected chi connectivity index (χ2v) is 10.4. The van der Waals surface area contributed by atoms with Gasteiger partial charge in [-0.3, -0.25) is 4.79 Å². The first-order valence-corrected chi connectivity index (χ1v) is 13.5. The number of piperidine rings is 1. The van der Waals surface area contributed by atoms with Gasteiger partial charge in [0.2, 0.25) is 5.95 Å². The second-order valence-electron chi connectivity index (χ2n) is 10.4. The molecule has 0 unspecified atom stereocenters. The van der Waals surface area contributed by atoms with Crippen LogP contribution in [0.5, 0.6) is 5.75 Å². The number of fused-ring (bicyclic) bond motifs is 1. The number of nitrogens with zero attached hydrogens (tertiary/aromatic N) is 4. The van der Waals surface area contributed by atoms with Crippen molar-refractivity contribution in [2.24, 2.45) is 0 Å². The molecule has 9 heteroatoms. The quantitative estimate of drug-likeness (QED) is 0.506. The summed E-state index contributed by atoms with van der Waals surface area (Å²) in [5.41, 5.74) is 3.18. The Bertz CT molecular complexity index is 1140. The molecule has 198 valence electrons. The van der Waals surface area contributed by atoms with Gasteiger partial charge in [-0.15, -0.1) is 0 Å². The number of methoxy groups -OCH3 is 1. The molecule has 1 saturated heterocycles. The molecule has 3 heterocycles. The minimum absolute atomic E-state index is 0.0754. The Hall–Kier alpha value is -3.33. The number of carbonyl (C=O) groups excluding carboxylic acids is 1. The second kappa shape index (κ2) is 11.0. The highest BCUT2D eigenvalue weighted by Gasteiger charge is 2.36. The van der Waals surface area contributed by atoms with Gasteiger partial charge in [-0.1, -0.05) is 26.3 Å². The van der Waals surface area contributed by atoms with Crippen LogP contribution in [0.2, 0.25) is 0 Å². The summed E-state index contributed by atoms with van der Waals surface area (Å²) in [7, 11) is 3.72. The van der Waals surface area contributed by atoms with E-state index < -0.39 is 0 Å². The molecule has 2 aromatic rings. The average molecular weight is 506 g/mol. The van der Waals surface area contributed by atoms with Crippen LogP contribution in [-0.4, -0.2) is 66.1 Å². The minimum atomic E-state index is -0.0754. The SMILES string of the molecule is C=C1Nc2cnc(Nc3ccc(C(=O)NC4CCN(C)CC4)cc3OC)nc2N(C2CCCC2)[C@@H]1CC. The molecular weight excluding hydrogens is 466 g/mol. The van der Waals surface area contributed by atoms with Gasteiger partial charge in [0.25, 0.3) is 5.91 Å². The molecule has 1 atom stereocenters. The van der Waals surface area contributed by atoms with Crippen LogP contribution in [0.15, 0.2) is 36.7 Å². The number of anilines is 4. The Labute approximate surface area is 219 Å². The maximum atomic E-state index is 12.9. The molecule has 2 aliphatic heterocycles. The summed E-state index contributed by atoms with van der Waals surface area (Å²) in [5, 5.41) is 9.91. The number of hydrogen-bond acceptors (Lipinski definition) is 8. The molecular formula is C28H39N7O2. The molecule has 1 saturated carbocycles. The number of benzene rings is 1. The van der Waals surface area contributed by atoms with Gasteiger partial charge in [0, 0.05) is 23.3 Å². The number of aromatic nitrogens is 2. The van der Waals surface area contributed by atoms with Crippen LogP contribution in [0.1, 0.15) is 62.2 Å². The third-order valence-electron chi connectivity index (χ3n) is 7.92. The monoisotopic (exact) mass is 505 g/mol. The summed E-state index contributed by atoms with van der Waals surface area (Å²) in [5.74, 6) is 1.90. The third-order valence-corrected chi connectivity index (χ3v) is 7.92. The van der Waals surface area contributed by atoms with Crippen molar-refractivity contribution < 1.29 is 9.53 Å². The molecule has 1 amide bonds. The van der Waals surface area contributed by atoms with E-state index >= 15 is 0 Å². The summed E-state index contributed by atoms with van der Waals surface area (Å²) in [4.78, 5) is 27.1.